The van der Waals surface area contributed by atoms with Gasteiger partial charge in [0.15, 0.2) is 0 Å². The Labute approximate surface area is 144 Å². The molecule has 0 bridgehead atoms. The van der Waals surface area contributed by atoms with E-state index >= 15 is 0 Å². The van der Waals surface area contributed by atoms with Crippen LogP contribution in [-0.4, -0.2) is 21.1 Å². The maximum Gasteiger partial charge on any atom is 0.573 e. The van der Waals surface area contributed by atoms with Gasteiger partial charge in [0.25, 0.3) is 0 Å². The topological polar surface area (TPSA) is 78.6 Å². The molecule has 2 aromatic rings. The molecule has 0 aromatic heterocycles. The van der Waals surface area contributed by atoms with Crippen LogP contribution in [0.4, 0.5) is 26.3 Å². The number of benzene rings is 2. The summed E-state index contributed by atoms with van der Waals surface area (Å²) in [6.45, 7) is 0. The summed E-state index contributed by atoms with van der Waals surface area (Å²) < 4.78 is 99.0. The number of rotatable bonds is 3. The van der Waals surface area contributed by atoms with Crippen molar-refractivity contribution in [1.82, 2.24) is 0 Å². The van der Waals surface area contributed by atoms with Crippen LogP contribution in [0.25, 0.3) is 0 Å². The maximum absolute atomic E-state index is 11.9. The lowest BCUT2D eigenvalue weighted by molar-refractivity contribution is -0.276. The van der Waals surface area contributed by atoms with E-state index in [1.54, 1.807) is 6.07 Å². The molecule has 144 valence electrons. The van der Waals surface area contributed by atoms with Gasteiger partial charge in [-0.3, -0.25) is 0 Å². The molecule has 0 fully saturated rings. The number of hydrogen-bond donors (Lipinski definition) is 1. The van der Waals surface area contributed by atoms with Gasteiger partial charge in [-0.2, -0.15) is 0 Å². The van der Waals surface area contributed by atoms with Crippen LogP contribution in [0.1, 0.15) is 0 Å². The average molecular weight is 403 g/mol. The van der Waals surface area contributed by atoms with Gasteiger partial charge in [-0.1, -0.05) is 30.3 Å². The second-order valence-electron chi connectivity index (χ2n) is 4.40. The van der Waals surface area contributed by atoms with E-state index < -0.39 is 33.4 Å². The van der Waals surface area contributed by atoms with Crippen molar-refractivity contribution in [2.75, 3.05) is 0 Å². The van der Waals surface area contributed by atoms with Crippen LogP contribution in [0.3, 0.4) is 0 Å². The normalized spacial score (nSPS) is 12.0. The minimum atomic E-state index is -4.96. The molecule has 0 heterocycles. The molecule has 26 heavy (non-hydrogen) atoms. The minimum Gasteiger partial charge on any atom is -0.406 e. The third kappa shape index (κ3) is 8.58. The van der Waals surface area contributed by atoms with Gasteiger partial charge in [0, 0.05) is 0 Å². The summed E-state index contributed by atoms with van der Waals surface area (Å²) in [6.07, 6.45) is -9.55. The van der Waals surface area contributed by atoms with Crippen LogP contribution in [0, 0.1) is 0 Å². The standard InChI is InChI=1S/C7H6F3NO3S.C7H5F3O/c8-7(9,10)14-5-3-1-2-4-6(5)15(11,12)13;8-7(9,10)11-6-4-2-1-3-5-6/h1-4H,(H2,11,12,13);1-5H. The molecule has 0 amide bonds. The molecule has 5 nitrogen and oxygen atoms in total. The van der Waals surface area contributed by atoms with E-state index in [0.717, 1.165) is 12.1 Å². The van der Waals surface area contributed by atoms with Crippen LogP contribution in [-0.2, 0) is 10.0 Å². The molecule has 0 aliphatic carbocycles. The fourth-order valence-electron chi connectivity index (χ4n) is 1.52. The third-order valence-corrected chi connectivity index (χ3v) is 3.31. The van der Waals surface area contributed by atoms with E-state index in [1.165, 1.54) is 36.4 Å². The predicted octanol–water partition coefficient (Wildman–Crippen LogP) is 3.82. The number of ether oxygens (including phenoxy) is 2. The van der Waals surface area contributed by atoms with Crippen LogP contribution in [0.5, 0.6) is 11.5 Å². The largest absolute Gasteiger partial charge is 0.573 e. The molecule has 0 saturated heterocycles. The highest BCUT2D eigenvalue weighted by Crippen LogP contribution is 2.28. The summed E-state index contributed by atoms with van der Waals surface area (Å²) in [5.74, 6) is -1.03. The van der Waals surface area contributed by atoms with Crippen molar-refractivity contribution < 1.29 is 44.2 Å². The summed E-state index contributed by atoms with van der Waals surface area (Å²) in [5, 5.41) is 4.70. The summed E-state index contributed by atoms with van der Waals surface area (Å²) in [7, 11) is -4.23. The van der Waals surface area contributed by atoms with E-state index in [1.807, 2.05) is 0 Å². The fraction of sp³-hybridized carbons (Fsp3) is 0.143. The van der Waals surface area contributed by atoms with E-state index in [2.05, 4.69) is 9.47 Å². The van der Waals surface area contributed by atoms with Gasteiger partial charge in [0.1, 0.15) is 16.4 Å². The van der Waals surface area contributed by atoms with E-state index in [4.69, 9.17) is 5.14 Å². The Morgan fingerprint density at radius 1 is 0.731 bits per heavy atom. The summed E-state index contributed by atoms with van der Waals surface area (Å²) in [4.78, 5) is -0.706. The van der Waals surface area contributed by atoms with Gasteiger partial charge in [0.2, 0.25) is 10.0 Å². The van der Waals surface area contributed by atoms with Gasteiger partial charge in [-0.15, -0.1) is 26.3 Å². The molecule has 2 rings (SSSR count). The van der Waals surface area contributed by atoms with Crippen molar-refractivity contribution in [2.45, 2.75) is 17.6 Å². The van der Waals surface area contributed by atoms with Gasteiger partial charge < -0.3 is 9.47 Å². The van der Waals surface area contributed by atoms with E-state index in [-0.39, 0.29) is 5.75 Å². The Balaban J connectivity index is 0.000000273. The van der Waals surface area contributed by atoms with E-state index in [9.17, 15) is 34.8 Å². The number of halogens is 6. The Hall–Kier alpha value is -2.47. The molecule has 0 saturated carbocycles. The van der Waals surface area contributed by atoms with Crippen molar-refractivity contribution in [3.63, 3.8) is 0 Å². The van der Waals surface area contributed by atoms with Gasteiger partial charge in [-0.05, 0) is 24.3 Å². The summed E-state index contributed by atoms with van der Waals surface area (Å²) in [5.41, 5.74) is 0. The molecule has 0 spiro atoms. The van der Waals surface area contributed by atoms with Crippen LogP contribution < -0.4 is 14.6 Å². The third-order valence-electron chi connectivity index (χ3n) is 2.36. The zero-order valence-electron chi connectivity index (χ0n) is 12.6. The van der Waals surface area contributed by atoms with Gasteiger partial charge in [-0.25, -0.2) is 13.6 Å². The van der Waals surface area contributed by atoms with Crippen molar-refractivity contribution in [1.29, 1.82) is 0 Å². The first-order valence-electron chi connectivity index (χ1n) is 6.46. The first kappa shape index (κ1) is 21.6. The first-order chi connectivity index (χ1) is 11.8. The molecule has 0 atom stereocenters. The number of hydrogen-bond acceptors (Lipinski definition) is 4. The van der Waals surface area contributed by atoms with Crippen molar-refractivity contribution in [3.8, 4) is 11.5 Å². The number of primary sulfonamides is 1. The number of para-hydroxylation sites is 2. The van der Waals surface area contributed by atoms with Crippen LogP contribution >= 0.6 is 0 Å². The molecule has 2 N–H and O–H groups in total. The lowest BCUT2D eigenvalue weighted by Crippen LogP contribution is -2.20. The molecule has 0 aliphatic heterocycles. The molecule has 0 unspecified atom stereocenters. The highest BCUT2D eigenvalue weighted by Gasteiger charge is 2.33. The quantitative estimate of drug-likeness (QED) is 0.791. The molecular weight excluding hydrogens is 392 g/mol. The highest BCUT2D eigenvalue weighted by atomic mass is 32.2. The van der Waals surface area contributed by atoms with Crippen molar-refractivity contribution in [2.24, 2.45) is 5.14 Å². The lowest BCUT2D eigenvalue weighted by Gasteiger charge is -2.11. The second-order valence-corrected chi connectivity index (χ2v) is 5.93. The first-order valence-corrected chi connectivity index (χ1v) is 8.01. The van der Waals surface area contributed by atoms with Crippen molar-refractivity contribution in [3.05, 3.63) is 54.6 Å². The SMILES string of the molecule is FC(F)(F)Oc1ccccc1.NS(=O)(=O)c1ccccc1OC(F)(F)F. The van der Waals surface area contributed by atoms with Gasteiger partial charge in [0.05, 0.1) is 0 Å². The summed E-state index contributed by atoms with van der Waals surface area (Å²) in [6, 6.07) is 11.3. The van der Waals surface area contributed by atoms with E-state index in [0.29, 0.717) is 0 Å². The fourth-order valence-corrected chi connectivity index (χ4v) is 2.17. The molecule has 12 heteroatoms. The molecular formula is C14H11F6NO4S. The van der Waals surface area contributed by atoms with Gasteiger partial charge >= 0.3 is 12.7 Å². The second kappa shape index (κ2) is 8.27. The number of sulfonamides is 1. The molecule has 2 aromatic carbocycles. The zero-order chi connectivity index (χ0) is 20.0. The minimum absolute atomic E-state index is 0.194. The molecule has 0 radical (unpaired) electrons. The number of alkyl halides is 6. The van der Waals surface area contributed by atoms with Crippen LogP contribution in [0.2, 0.25) is 0 Å². The van der Waals surface area contributed by atoms with Crippen molar-refractivity contribution >= 4 is 10.0 Å². The predicted molar refractivity (Wildman–Crippen MR) is 77.6 cm³/mol. The van der Waals surface area contributed by atoms with Crippen LogP contribution in [0.15, 0.2) is 59.5 Å². The Morgan fingerprint density at radius 3 is 1.65 bits per heavy atom. The monoisotopic (exact) mass is 403 g/mol. The number of nitrogens with two attached hydrogens (primary N) is 1. The lowest BCUT2D eigenvalue weighted by atomic mass is 10.3. The Bertz CT molecular complexity index is 806. The average Bonchev–Trinajstić information content (AvgIpc) is 2.45. The Kier molecular flexibility index (Phi) is 6.86. The Morgan fingerprint density at radius 2 is 1.19 bits per heavy atom. The zero-order valence-corrected chi connectivity index (χ0v) is 13.4. The summed E-state index contributed by atoms with van der Waals surface area (Å²) >= 11 is 0. The molecule has 0 aliphatic rings. The highest BCUT2D eigenvalue weighted by molar-refractivity contribution is 7.89. The smallest absolute Gasteiger partial charge is 0.406 e. The maximum atomic E-state index is 11.9.